The number of carbonyl (C=O) groups is 1. The number of carbonyl (C=O) groups excluding carboxylic acids is 1. The SMILES string of the molecule is CC(Br)CCCNC(=O)CC1CCCCCC1. The van der Waals surface area contributed by atoms with Crippen molar-refractivity contribution in [2.75, 3.05) is 6.54 Å². The molecular weight excluding hydrogens is 278 g/mol. The molecule has 1 saturated carbocycles. The van der Waals surface area contributed by atoms with Crippen LogP contribution in [0.5, 0.6) is 0 Å². The standard InChI is InChI=1S/C14H26BrNO/c1-12(15)7-6-10-16-14(17)11-13-8-4-2-3-5-9-13/h12-13H,2-11H2,1H3,(H,16,17). The van der Waals surface area contributed by atoms with Gasteiger partial charge in [-0.3, -0.25) is 4.79 Å². The summed E-state index contributed by atoms with van der Waals surface area (Å²) in [5.74, 6) is 0.909. The number of halogens is 1. The first-order valence-corrected chi connectivity index (χ1v) is 8.01. The Balaban J connectivity index is 2.07. The van der Waals surface area contributed by atoms with E-state index >= 15 is 0 Å². The molecule has 0 saturated heterocycles. The van der Waals surface area contributed by atoms with Crippen molar-refractivity contribution in [1.29, 1.82) is 0 Å². The average molecular weight is 304 g/mol. The second-order valence-corrected chi connectivity index (χ2v) is 6.90. The lowest BCUT2D eigenvalue weighted by molar-refractivity contribution is -0.122. The topological polar surface area (TPSA) is 29.1 Å². The fourth-order valence-electron chi connectivity index (χ4n) is 2.51. The number of hydrogen-bond donors (Lipinski definition) is 1. The van der Waals surface area contributed by atoms with Crippen LogP contribution in [0, 0.1) is 5.92 Å². The predicted octanol–water partition coefficient (Wildman–Crippen LogP) is 4.03. The molecule has 0 aromatic rings. The Labute approximate surface area is 114 Å². The summed E-state index contributed by atoms with van der Waals surface area (Å²) in [6, 6.07) is 0. The lowest BCUT2D eigenvalue weighted by Gasteiger charge is -2.13. The molecule has 0 aromatic heterocycles. The van der Waals surface area contributed by atoms with Crippen molar-refractivity contribution in [2.45, 2.75) is 69.5 Å². The third-order valence-electron chi connectivity index (χ3n) is 3.55. The van der Waals surface area contributed by atoms with Crippen molar-refractivity contribution in [3.8, 4) is 0 Å². The van der Waals surface area contributed by atoms with E-state index in [1.54, 1.807) is 0 Å². The van der Waals surface area contributed by atoms with Gasteiger partial charge in [-0.15, -0.1) is 0 Å². The molecular formula is C14H26BrNO. The number of alkyl halides is 1. The summed E-state index contributed by atoms with van der Waals surface area (Å²) in [7, 11) is 0. The molecule has 1 aliphatic rings. The molecule has 1 unspecified atom stereocenters. The molecule has 0 aromatic carbocycles. The lowest BCUT2D eigenvalue weighted by atomic mass is 9.96. The van der Waals surface area contributed by atoms with Gasteiger partial charge in [-0.05, 0) is 31.6 Å². The van der Waals surface area contributed by atoms with Gasteiger partial charge in [0.2, 0.25) is 5.91 Å². The van der Waals surface area contributed by atoms with E-state index in [4.69, 9.17) is 0 Å². The molecule has 3 heteroatoms. The summed E-state index contributed by atoms with van der Waals surface area (Å²) in [6.07, 6.45) is 10.8. The van der Waals surface area contributed by atoms with E-state index in [-0.39, 0.29) is 5.91 Å². The number of hydrogen-bond acceptors (Lipinski definition) is 1. The first-order valence-electron chi connectivity index (χ1n) is 7.09. The molecule has 0 aliphatic heterocycles. The second-order valence-electron chi connectivity index (χ2n) is 5.33. The van der Waals surface area contributed by atoms with E-state index in [1.165, 1.54) is 38.5 Å². The Morgan fingerprint density at radius 3 is 2.53 bits per heavy atom. The van der Waals surface area contributed by atoms with Crippen molar-refractivity contribution < 1.29 is 4.79 Å². The van der Waals surface area contributed by atoms with Crippen LogP contribution in [-0.4, -0.2) is 17.3 Å². The third kappa shape index (κ3) is 7.80. The van der Waals surface area contributed by atoms with Crippen LogP contribution >= 0.6 is 15.9 Å². The minimum Gasteiger partial charge on any atom is -0.356 e. The number of nitrogens with one attached hydrogen (secondary N) is 1. The van der Waals surface area contributed by atoms with Crippen LogP contribution < -0.4 is 5.32 Å². The second kappa shape index (κ2) is 8.96. The summed E-state index contributed by atoms with van der Waals surface area (Å²) in [5, 5.41) is 3.05. The minimum atomic E-state index is 0.263. The highest BCUT2D eigenvalue weighted by molar-refractivity contribution is 9.09. The van der Waals surface area contributed by atoms with Gasteiger partial charge in [-0.2, -0.15) is 0 Å². The van der Waals surface area contributed by atoms with Crippen LogP contribution in [0.15, 0.2) is 0 Å². The van der Waals surface area contributed by atoms with Crippen LogP contribution in [0.2, 0.25) is 0 Å². The highest BCUT2D eigenvalue weighted by atomic mass is 79.9. The Bertz CT molecular complexity index is 210. The Morgan fingerprint density at radius 1 is 1.29 bits per heavy atom. The van der Waals surface area contributed by atoms with Crippen molar-refractivity contribution in [1.82, 2.24) is 5.32 Å². The maximum atomic E-state index is 11.7. The average Bonchev–Trinajstić information content (AvgIpc) is 2.53. The molecule has 1 fully saturated rings. The lowest BCUT2D eigenvalue weighted by Crippen LogP contribution is -2.26. The van der Waals surface area contributed by atoms with Gasteiger partial charge >= 0.3 is 0 Å². The molecule has 0 radical (unpaired) electrons. The fraction of sp³-hybridized carbons (Fsp3) is 0.929. The zero-order valence-corrected chi connectivity index (χ0v) is 12.6. The molecule has 0 heterocycles. The molecule has 1 amide bonds. The van der Waals surface area contributed by atoms with E-state index in [9.17, 15) is 4.79 Å². The van der Waals surface area contributed by atoms with Gasteiger partial charge in [0.25, 0.3) is 0 Å². The van der Waals surface area contributed by atoms with Crippen LogP contribution in [0.25, 0.3) is 0 Å². The van der Waals surface area contributed by atoms with Crippen molar-refractivity contribution >= 4 is 21.8 Å². The molecule has 100 valence electrons. The zero-order valence-electron chi connectivity index (χ0n) is 11.0. The van der Waals surface area contributed by atoms with Crippen molar-refractivity contribution in [3.63, 3.8) is 0 Å². The monoisotopic (exact) mass is 303 g/mol. The fourth-order valence-corrected chi connectivity index (χ4v) is 2.84. The van der Waals surface area contributed by atoms with Gasteiger partial charge in [0.15, 0.2) is 0 Å². The van der Waals surface area contributed by atoms with Gasteiger partial charge in [0.05, 0.1) is 0 Å². The molecule has 1 N–H and O–H groups in total. The molecule has 1 rings (SSSR count). The molecule has 1 atom stereocenters. The van der Waals surface area contributed by atoms with Gasteiger partial charge in [0, 0.05) is 17.8 Å². The van der Waals surface area contributed by atoms with E-state index in [0.717, 1.165) is 25.8 Å². The number of amides is 1. The molecule has 1 aliphatic carbocycles. The van der Waals surface area contributed by atoms with Gasteiger partial charge in [0.1, 0.15) is 0 Å². The first kappa shape index (κ1) is 15.0. The summed E-state index contributed by atoms with van der Waals surface area (Å²) >= 11 is 3.52. The predicted molar refractivity (Wildman–Crippen MR) is 76.4 cm³/mol. The van der Waals surface area contributed by atoms with E-state index in [0.29, 0.717) is 10.7 Å². The smallest absolute Gasteiger partial charge is 0.220 e. The van der Waals surface area contributed by atoms with Crippen LogP contribution in [0.1, 0.15) is 64.7 Å². The molecule has 0 spiro atoms. The molecule has 2 nitrogen and oxygen atoms in total. The maximum absolute atomic E-state index is 11.7. The third-order valence-corrected chi connectivity index (χ3v) is 4.01. The first-order chi connectivity index (χ1) is 8.18. The van der Waals surface area contributed by atoms with Crippen molar-refractivity contribution in [2.24, 2.45) is 5.92 Å². The van der Waals surface area contributed by atoms with Gasteiger partial charge < -0.3 is 5.32 Å². The molecule has 0 bridgehead atoms. The Kier molecular flexibility index (Phi) is 7.91. The maximum Gasteiger partial charge on any atom is 0.220 e. The van der Waals surface area contributed by atoms with Crippen LogP contribution in [0.4, 0.5) is 0 Å². The highest BCUT2D eigenvalue weighted by Gasteiger charge is 2.15. The largest absolute Gasteiger partial charge is 0.356 e. The van der Waals surface area contributed by atoms with Crippen molar-refractivity contribution in [3.05, 3.63) is 0 Å². The summed E-state index contributed by atoms with van der Waals surface area (Å²) in [6.45, 7) is 2.98. The zero-order chi connectivity index (χ0) is 12.5. The normalized spacial score (nSPS) is 19.6. The van der Waals surface area contributed by atoms with Gasteiger partial charge in [-0.25, -0.2) is 0 Å². The van der Waals surface area contributed by atoms with E-state index < -0.39 is 0 Å². The van der Waals surface area contributed by atoms with E-state index in [1.807, 2.05) is 0 Å². The quantitative estimate of drug-likeness (QED) is 0.448. The van der Waals surface area contributed by atoms with E-state index in [2.05, 4.69) is 28.2 Å². The Hall–Kier alpha value is -0.0500. The Morgan fingerprint density at radius 2 is 1.94 bits per heavy atom. The number of rotatable bonds is 6. The minimum absolute atomic E-state index is 0.263. The summed E-state index contributed by atoms with van der Waals surface area (Å²) < 4.78 is 0. The van der Waals surface area contributed by atoms with Crippen LogP contribution in [0.3, 0.4) is 0 Å². The van der Waals surface area contributed by atoms with Gasteiger partial charge in [-0.1, -0.05) is 48.5 Å². The molecule has 17 heavy (non-hydrogen) atoms. The van der Waals surface area contributed by atoms with Crippen LogP contribution in [-0.2, 0) is 4.79 Å². The summed E-state index contributed by atoms with van der Waals surface area (Å²) in [5.41, 5.74) is 0. The highest BCUT2D eigenvalue weighted by Crippen LogP contribution is 2.25. The summed E-state index contributed by atoms with van der Waals surface area (Å²) in [4.78, 5) is 12.3.